The van der Waals surface area contributed by atoms with Gasteiger partial charge in [-0.25, -0.2) is 0 Å². The van der Waals surface area contributed by atoms with Crippen LogP contribution in [-0.2, 0) is 10.2 Å². The summed E-state index contributed by atoms with van der Waals surface area (Å²) in [4.78, 5) is 0. The van der Waals surface area contributed by atoms with Gasteiger partial charge < -0.3 is 0 Å². The third-order valence-electron chi connectivity index (χ3n) is 3.89. The van der Waals surface area contributed by atoms with Crippen LogP contribution in [0.1, 0.15) is 32.4 Å². The van der Waals surface area contributed by atoms with Gasteiger partial charge >= 0.3 is 0 Å². The van der Waals surface area contributed by atoms with E-state index < -0.39 is 10.2 Å². The van der Waals surface area contributed by atoms with Crippen molar-refractivity contribution in [3.8, 4) is 11.1 Å². The Morgan fingerprint density at radius 1 is 0.913 bits per heavy atom. The van der Waals surface area contributed by atoms with Crippen LogP contribution in [0.25, 0.3) is 11.1 Å². The van der Waals surface area contributed by atoms with Crippen molar-refractivity contribution in [2.24, 2.45) is 0 Å². The summed E-state index contributed by atoms with van der Waals surface area (Å²) in [5.41, 5.74) is 3.21. The Kier molecular flexibility index (Phi) is 5.93. The Morgan fingerprint density at radius 2 is 1.43 bits per heavy atom. The molecule has 0 spiro atoms. The van der Waals surface area contributed by atoms with E-state index in [2.05, 4.69) is 16.9 Å². The molecule has 1 atom stereocenters. The van der Waals surface area contributed by atoms with E-state index in [0.717, 1.165) is 16.7 Å². The quantitative estimate of drug-likeness (QED) is 0.842. The maximum Gasteiger partial charge on any atom is 0.279 e. The van der Waals surface area contributed by atoms with Gasteiger partial charge in [0.25, 0.3) is 10.2 Å². The fourth-order valence-electron chi connectivity index (χ4n) is 2.52. The molecule has 23 heavy (non-hydrogen) atoms. The van der Waals surface area contributed by atoms with Gasteiger partial charge in [-0.1, -0.05) is 68.4 Å². The van der Waals surface area contributed by atoms with Crippen molar-refractivity contribution in [1.82, 2.24) is 9.03 Å². The van der Waals surface area contributed by atoms with Crippen LogP contribution in [0.2, 0.25) is 0 Å². The second-order valence-electron chi connectivity index (χ2n) is 5.42. The van der Waals surface area contributed by atoms with Gasteiger partial charge in [-0.3, -0.25) is 0 Å². The van der Waals surface area contributed by atoms with Crippen LogP contribution in [0.3, 0.4) is 0 Å². The van der Waals surface area contributed by atoms with Gasteiger partial charge in [-0.2, -0.15) is 17.4 Å². The van der Waals surface area contributed by atoms with E-state index in [4.69, 9.17) is 0 Å². The third kappa shape index (κ3) is 4.41. The molecule has 5 heteroatoms. The minimum absolute atomic E-state index is 0.273. The molecule has 0 aliphatic heterocycles. The van der Waals surface area contributed by atoms with Crippen LogP contribution in [0.4, 0.5) is 0 Å². The summed E-state index contributed by atoms with van der Waals surface area (Å²) in [5.74, 6) is 0. The molecule has 0 amide bonds. The van der Waals surface area contributed by atoms with E-state index >= 15 is 0 Å². The maximum absolute atomic E-state index is 12.3. The van der Waals surface area contributed by atoms with Crippen molar-refractivity contribution in [3.63, 3.8) is 0 Å². The lowest BCUT2D eigenvalue weighted by Gasteiger charge is -2.22. The zero-order valence-corrected chi connectivity index (χ0v) is 14.7. The average molecular weight is 332 g/mol. The van der Waals surface area contributed by atoms with Crippen LogP contribution in [-0.4, -0.2) is 25.8 Å². The fraction of sp³-hybridized carbons (Fsp3) is 0.333. The molecular formula is C18H24N2O2S. The molecule has 2 rings (SSSR count). The normalized spacial score (nSPS) is 13.2. The van der Waals surface area contributed by atoms with Crippen molar-refractivity contribution in [2.45, 2.75) is 26.8 Å². The number of nitrogens with zero attached hydrogens (tertiary/aromatic N) is 1. The van der Waals surface area contributed by atoms with E-state index in [1.165, 1.54) is 4.31 Å². The summed E-state index contributed by atoms with van der Waals surface area (Å²) in [6.45, 7) is 6.46. The zero-order chi connectivity index (χ0) is 16.9. The predicted octanol–water partition coefficient (Wildman–Crippen LogP) is 3.59. The number of nitrogens with one attached hydrogen (secondary N) is 1. The van der Waals surface area contributed by atoms with Crippen LogP contribution in [0.5, 0.6) is 0 Å². The SMILES string of the molecule is CCN(CC)S(=O)(=O)N[C@H](C)c1ccc(-c2ccccc2)cc1. The first kappa shape index (κ1) is 17.7. The highest BCUT2D eigenvalue weighted by Gasteiger charge is 2.21. The summed E-state index contributed by atoms with van der Waals surface area (Å²) in [7, 11) is -3.45. The highest BCUT2D eigenvalue weighted by molar-refractivity contribution is 7.87. The Morgan fingerprint density at radius 3 is 1.96 bits per heavy atom. The van der Waals surface area contributed by atoms with Crippen LogP contribution in [0.15, 0.2) is 54.6 Å². The lowest BCUT2D eigenvalue weighted by molar-refractivity contribution is 0.429. The molecule has 0 saturated carbocycles. The first-order valence-electron chi connectivity index (χ1n) is 7.90. The molecule has 0 aliphatic rings. The highest BCUT2D eigenvalue weighted by atomic mass is 32.2. The molecule has 0 radical (unpaired) electrons. The molecular weight excluding hydrogens is 308 g/mol. The Labute approximate surface area is 139 Å². The molecule has 1 N–H and O–H groups in total. The van der Waals surface area contributed by atoms with Gasteiger partial charge in [0.05, 0.1) is 0 Å². The van der Waals surface area contributed by atoms with E-state index in [1.807, 2.05) is 63.2 Å². The van der Waals surface area contributed by atoms with E-state index in [0.29, 0.717) is 13.1 Å². The average Bonchev–Trinajstić information content (AvgIpc) is 2.56. The predicted molar refractivity (Wildman–Crippen MR) is 95.3 cm³/mol. The zero-order valence-electron chi connectivity index (χ0n) is 13.9. The smallest absolute Gasteiger partial charge is 0.195 e. The summed E-state index contributed by atoms with van der Waals surface area (Å²) in [5, 5.41) is 0. The third-order valence-corrected chi connectivity index (χ3v) is 5.74. The highest BCUT2D eigenvalue weighted by Crippen LogP contribution is 2.22. The monoisotopic (exact) mass is 332 g/mol. The standard InChI is InChI=1S/C18H24N2O2S/c1-4-20(5-2)23(21,22)19-15(3)16-11-13-18(14-12-16)17-9-7-6-8-10-17/h6-15,19H,4-5H2,1-3H3/t15-/m1/s1. The number of rotatable bonds is 7. The van der Waals surface area contributed by atoms with Gasteiger partial charge in [0.15, 0.2) is 0 Å². The number of benzene rings is 2. The lowest BCUT2D eigenvalue weighted by Crippen LogP contribution is -2.41. The molecule has 4 nitrogen and oxygen atoms in total. The summed E-state index contributed by atoms with van der Waals surface area (Å²) in [6.07, 6.45) is 0. The summed E-state index contributed by atoms with van der Waals surface area (Å²) >= 11 is 0. The molecule has 0 saturated heterocycles. The minimum atomic E-state index is -3.45. The molecule has 2 aromatic rings. The fourth-order valence-corrected chi connectivity index (χ4v) is 3.94. The van der Waals surface area contributed by atoms with Gasteiger partial charge in [-0.15, -0.1) is 0 Å². The van der Waals surface area contributed by atoms with E-state index in [1.54, 1.807) is 0 Å². The molecule has 124 valence electrons. The van der Waals surface area contributed by atoms with E-state index in [9.17, 15) is 8.42 Å². The molecule has 0 aliphatic carbocycles. The maximum atomic E-state index is 12.3. The van der Waals surface area contributed by atoms with Crippen molar-refractivity contribution in [2.75, 3.05) is 13.1 Å². The van der Waals surface area contributed by atoms with E-state index in [-0.39, 0.29) is 6.04 Å². The van der Waals surface area contributed by atoms with Crippen LogP contribution >= 0.6 is 0 Å². The van der Waals surface area contributed by atoms with Gasteiger partial charge in [0, 0.05) is 19.1 Å². The molecule has 0 bridgehead atoms. The van der Waals surface area contributed by atoms with Crippen molar-refractivity contribution >= 4 is 10.2 Å². The second-order valence-corrected chi connectivity index (χ2v) is 7.12. The minimum Gasteiger partial charge on any atom is -0.195 e. The molecule has 0 fully saturated rings. The summed E-state index contributed by atoms with van der Waals surface area (Å²) in [6, 6.07) is 17.8. The van der Waals surface area contributed by atoms with Gasteiger partial charge in [-0.05, 0) is 23.6 Å². The topological polar surface area (TPSA) is 49.4 Å². The first-order chi connectivity index (χ1) is 11.0. The van der Waals surface area contributed by atoms with Crippen molar-refractivity contribution < 1.29 is 8.42 Å². The summed E-state index contributed by atoms with van der Waals surface area (Å²) < 4.78 is 28.7. The number of hydrogen-bond acceptors (Lipinski definition) is 2. The molecule has 2 aromatic carbocycles. The van der Waals surface area contributed by atoms with Gasteiger partial charge in [0.2, 0.25) is 0 Å². The van der Waals surface area contributed by atoms with Crippen LogP contribution in [0, 0.1) is 0 Å². The molecule has 0 aromatic heterocycles. The van der Waals surface area contributed by atoms with Crippen molar-refractivity contribution in [1.29, 1.82) is 0 Å². The number of hydrogen-bond donors (Lipinski definition) is 1. The Hall–Kier alpha value is -1.69. The van der Waals surface area contributed by atoms with Crippen molar-refractivity contribution in [3.05, 3.63) is 60.2 Å². The van der Waals surface area contributed by atoms with Crippen LogP contribution < -0.4 is 4.72 Å². The lowest BCUT2D eigenvalue weighted by atomic mass is 10.0. The molecule has 0 unspecified atom stereocenters. The second kappa shape index (κ2) is 7.73. The Balaban J connectivity index is 2.13. The molecule has 0 heterocycles. The first-order valence-corrected chi connectivity index (χ1v) is 9.34. The largest absolute Gasteiger partial charge is 0.279 e. The Bertz CT molecular complexity index is 708. The van der Waals surface area contributed by atoms with Gasteiger partial charge in [0.1, 0.15) is 0 Å².